The van der Waals surface area contributed by atoms with E-state index in [2.05, 4.69) is 32.6 Å². The minimum atomic E-state index is -0.251. The van der Waals surface area contributed by atoms with E-state index >= 15 is 0 Å². The number of aromatic amines is 1. The number of imidazole rings is 1. The Labute approximate surface area is 155 Å². The lowest BCUT2D eigenvalue weighted by atomic mass is 10.1. The molecule has 2 aromatic carbocycles. The number of benzene rings is 2. The Balaban J connectivity index is 1.42. The summed E-state index contributed by atoms with van der Waals surface area (Å²) in [6.45, 7) is 2.51. The number of para-hydroxylation sites is 2. The van der Waals surface area contributed by atoms with Gasteiger partial charge in [0, 0.05) is 6.54 Å². The SMILES string of the molecule is C[C@@H](Sc1n[nH]c2nc3ccccc3n12)C(=O)NCCc1ccccc1. The van der Waals surface area contributed by atoms with Gasteiger partial charge in [0.15, 0.2) is 5.16 Å². The number of thioether (sulfide) groups is 1. The highest BCUT2D eigenvalue weighted by Crippen LogP contribution is 2.25. The van der Waals surface area contributed by atoms with E-state index < -0.39 is 0 Å². The van der Waals surface area contributed by atoms with Crippen molar-refractivity contribution in [2.24, 2.45) is 0 Å². The normalized spacial score (nSPS) is 12.5. The van der Waals surface area contributed by atoms with Crippen LogP contribution in [0.5, 0.6) is 0 Å². The predicted octanol–water partition coefficient (Wildman–Crippen LogP) is 3.05. The molecule has 1 amide bonds. The Morgan fingerprint density at radius 3 is 2.81 bits per heavy atom. The van der Waals surface area contributed by atoms with Gasteiger partial charge in [-0.2, -0.15) is 0 Å². The minimum Gasteiger partial charge on any atom is -0.355 e. The van der Waals surface area contributed by atoms with E-state index in [4.69, 9.17) is 0 Å². The zero-order valence-electron chi connectivity index (χ0n) is 14.3. The summed E-state index contributed by atoms with van der Waals surface area (Å²) in [5, 5.41) is 10.7. The quantitative estimate of drug-likeness (QED) is 0.515. The number of carbonyl (C=O) groups excluding carboxylic acids is 1. The van der Waals surface area contributed by atoms with Gasteiger partial charge in [0.2, 0.25) is 11.7 Å². The number of carbonyl (C=O) groups is 1. The van der Waals surface area contributed by atoms with E-state index in [1.54, 1.807) is 0 Å². The lowest BCUT2D eigenvalue weighted by Gasteiger charge is -2.11. The largest absolute Gasteiger partial charge is 0.355 e. The van der Waals surface area contributed by atoms with Crippen molar-refractivity contribution in [3.8, 4) is 0 Å². The molecular weight excluding hydrogens is 346 g/mol. The molecule has 0 aliphatic heterocycles. The molecule has 0 unspecified atom stereocenters. The van der Waals surface area contributed by atoms with Crippen LogP contribution in [0.1, 0.15) is 12.5 Å². The van der Waals surface area contributed by atoms with Crippen LogP contribution in [-0.4, -0.2) is 37.3 Å². The number of nitrogens with one attached hydrogen (secondary N) is 2. The minimum absolute atomic E-state index is 0.00602. The van der Waals surface area contributed by atoms with E-state index in [0.29, 0.717) is 12.3 Å². The van der Waals surface area contributed by atoms with Crippen LogP contribution in [0, 0.1) is 0 Å². The maximum Gasteiger partial charge on any atom is 0.233 e. The second-order valence-corrected chi connectivity index (χ2v) is 7.36. The molecule has 1 atom stereocenters. The maximum absolute atomic E-state index is 12.4. The van der Waals surface area contributed by atoms with Crippen LogP contribution in [0.25, 0.3) is 16.8 Å². The third-order valence-corrected chi connectivity index (χ3v) is 5.26. The molecule has 132 valence electrons. The molecule has 2 heterocycles. The molecule has 2 N–H and O–H groups in total. The lowest BCUT2D eigenvalue weighted by Crippen LogP contribution is -2.32. The first-order valence-corrected chi connectivity index (χ1v) is 9.40. The number of fused-ring (bicyclic) bond motifs is 3. The molecule has 4 aromatic rings. The molecule has 0 spiro atoms. The summed E-state index contributed by atoms with van der Waals surface area (Å²) < 4.78 is 1.95. The van der Waals surface area contributed by atoms with Crippen molar-refractivity contribution in [2.45, 2.75) is 23.8 Å². The maximum atomic E-state index is 12.4. The average Bonchev–Trinajstić information content (AvgIpc) is 3.22. The number of hydrogen-bond acceptors (Lipinski definition) is 4. The molecule has 26 heavy (non-hydrogen) atoms. The molecule has 0 aliphatic carbocycles. The third-order valence-electron chi connectivity index (χ3n) is 4.21. The zero-order valence-corrected chi connectivity index (χ0v) is 15.2. The molecule has 0 bridgehead atoms. The summed E-state index contributed by atoms with van der Waals surface area (Å²) in [5.41, 5.74) is 3.10. The van der Waals surface area contributed by atoms with Crippen LogP contribution < -0.4 is 5.32 Å². The fraction of sp³-hybridized carbons (Fsp3) is 0.211. The topological polar surface area (TPSA) is 75.1 Å². The van der Waals surface area contributed by atoms with E-state index in [1.807, 2.05) is 53.8 Å². The highest BCUT2D eigenvalue weighted by Gasteiger charge is 2.19. The summed E-state index contributed by atoms with van der Waals surface area (Å²) in [4.78, 5) is 16.9. The summed E-state index contributed by atoms with van der Waals surface area (Å²) in [7, 11) is 0. The van der Waals surface area contributed by atoms with E-state index in [-0.39, 0.29) is 11.2 Å². The molecule has 0 fully saturated rings. The van der Waals surface area contributed by atoms with Crippen molar-refractivity contribution < 1.29 is 4.79 Å². The van der Waals surface area contributed by atoms with Crippen LogP contribution in [0.15, 0.2) is 59.8 Å². The number of rotatable bonds is 6. The van der Waals surface area contributed by atoms with E-state index in [0.717, 1.165) is 22.6 Å². The van der Waals surface area contributed by atoms with Crippen LogP contribution >= 0.6 is 11.8 Å². The highest BCUT2D eigenvalue weighted by atomic mass is 32.2. The first-order chi connectivity index (χ1) is 12.7. The molecule has 0 saturated carbocycles. The monoisotopic (exact) mass is 365 g/mol. The van der Waals surface area contributed by atoms with Gasteiger partial charge >= 0.3 is 0 Å². The smallest absolute Gasteiger partial charge is 0.233 e. The number of H-pyrrole nitrogens is 1. The number of amides is 1. The van der Waals surface area contributed by atoms with Crippen LogP contribution in [0.4, 0.5) is 0 Å². The van der Waals surface area contributed by atoms with E-state index in [9.17, 15) is 4.79 Å². The molecular formula is C19H19N5OS. The van der Waals surface area contributed by atoms with Gasteiger partial charge in [-0.1, -0.05) is 54.2 Å². The molecule has 4 rings (SSSR count). The van der Waals surface area contributed by atoms with Crippen molar-refractivity contribution in [3.63, 3.8) is 0 Å². The van der Waals surface area contributed by atoms with Crippen molar-refractivity contribution in [1.82, 2.24) is 24.9 Å². The van der Waals surface area contributed by atoms with Crippen molar-refractivity contribution in [3.05, 3.63) is 60.2 Å². The van der Waals surface area contributed by atoms with Gasteiger partial charge < -0.3 is 5.32 Å². The lowest BCUT2D eigenvalue weighted by molar-refractivity contribution is -0.120. The summed E-state index contributed by atoms with van der Waals surface area (Å²) in [6, 6.07) is 18.0. The van der Waals surface area contributed by atoms with Gasteiger partial charge in [-0.15, -0.1) is 5.10 Å². The second-order valence-electron chi connectivity index (χ2n) is 6.05. The second kappa shape index (κ2) is 7.21. The van der Waals surface area contributed by atoms with Gasteiger partial charge in [-0.25, -0.2) is 10.1 Å². The summed E-state index contributed by atoms with van der Waals surface area (Å²) in [6.07, 6.45) is 0.822. The fourth-order valence-corrected chi connectivity index (χ4v) is 3.75. The standard InChI is InChI=1S/C19H19N5OS/c1-13(17(25)20-12-11-14-7-3-2-4-8-14)26-19-23-22-18-21-15-9-5-6-10-16(15)24(18)19/h2-10,13H,11-12H2,1H3,(H,20,25)(H,21,22)/t13-/m1/s1. The van der Waals surface area contributed by atoms with Crippen molar-refractivity contribution in [1.29, 1.82) is 0 Å². The Morgan fingerprint density at radius 2 is 1.96 bits per heavy atom. The van der Waals surface area contributed by atoms with Gasteiger partial charge in [-0.05, 0) is 31.0 Å². The Bertz CT molecular complexity index is 1040. The molecule has 2 aromatic heterocycles. The Morgan fingerprint density at radius 1 is 1.19 bits per heavy atom. The van der Waals surface area contributed by atoms with Gasteiger partial charge in [0.05, 0.1) is 16.3 Å². The Kier molecular flexibility index (Phi) is 4.62. The first kappa shape index (κ1) is 16.7. The summed E-state index contributed by atoms with van der Waals surface area (Å²) >= 11 is 1.42. The van der Waals surface area contributed by atoms with Crippen LogP contribution in [0.3, 0.4) is 0 Å². The van der Waals surface area contributed by atoms with Gasteiger partial charge in [-0.3, -0.25) is 9.20 Å². The number of aromatic nitrogens is 4. The van der Waals surface area contributed by atoms with Gasteiger partial charge in [0.1, 0.15) is 0 Å². The fourth-order valence-electron chi connectivity index (χ4n) is 2.85. The van der Waals surface area contributed by atoms with Crippen LogP contribution in [0.2, 0.25) is 0 Å². The van der Waals surface area contributed by atoms with Crippen molar-refractivity contribution >= 4 is 34.5 Å². The molecule has 0 radical (unpaired) electrons. The summed E-state index contributed by atoms with van der Waals surface area (Å²) in [5.74, 6) is 0.692. The molecule has 0 aliphatic rings. The zero-order chi connectivity index (χ0) is 17.9. The Hall–Kier alpha value is -2.80. The number of nitrogens with zero attached hydrogens (tertiary/aromatic N) is 3. The predicted molar refractivity (Wildman–Crippen MR) is 103 cm³/mol. The molecule has 7 heteroatoms. The van der Waals surface area contributed by atoms with Crippen molar-refractivity contribution in [2.75, 3.05) is 6.54 Å². The van der Waals surface area contributed by atoms with Crippen LogP contribution in [-0.2, 0) is 11.2 Å². The molecule has 6 nitrogen and oxygen atoms in total. The highest BCUT2D eigenvalue weighted by molar-refractivity contribution is 8.00. The molecule has 0 saturated heterocycles. The third kappa shape index (κ3) is 3.30. The number of hydrogen-bond donors (Lipinski definition) is 2. The first-order valence-electron chi connectivity index (χ1n) is 8.52. The van der Waals surface area contributed by atoms with Gasteiger partial charge in [0.25, 0.3) is 0 Å². The van der Waals surface area contributed by atoms with E-state index in [1.165, 1.54) is 17.3 Å². The average molecular weight is 365 g/mol.